The number of aromatic nitrogens is 6. The van der Waals surface area contributed by atoms with Crippen molar-refractivity contribution in [2.75, 3.05) is 11.1 Å². The average molecular weight is 614 g/mol. The monoisotopic (exact) mass is 613 g/mol. The molecule has 0 unspecified atom stereocenters. The highest BCUT2D eigenvalue weighted by Crippen LogP contribution is 2.35. The third-order valence-electron chi connectivity index (χ3n) is 7.80. The lowest BCUT2D eigenvalue weighted by atomic mass is 10.1. The van der Waals surface area contributed by atoms with Gasteiger partial charge in [0.05, 0.1) is 16.6 Å². The number of allylic oxidation sites excluding steroid dienone is 3. The lowest BCUT2D eigenvalue weighted by Gasteiger charge is -2.19. The number of nitrogens with one attached hydrogen (secondary N) is 1. The molecule has 0 saturated heterocycles. The number of nitrogens with two attached hydrogens (primary N) is 1. The number of anilines is 2. The van der Waals surface area contributed by atoms with Crippen LogP contribution < -0.4 is 22.3 Å². The molecule has 0 saturated carbocycles. The van der Waals surface area contributed by atoms with Crippen molar-refractivity contribution in [2.24, 2.45) is 0 Å². The molecule has 2 aliphatic rings. The fraction of sp³-hybridized carbons (Fsp3) is 0.121. The van der Waals surface area contributed by atoms with Crippen molar-refractivity contribution in [3.63, 3.8) is 0 Å². The fourth-order valence-corrected chi connectivity index (χ4v) is 5.50. The van der Waals surface area contributed by atoms with Gasteiger partial charge in [-0.05, 0) is 56.3 Å². The number of carbonyl (C=O) groups is 2. The van der Waals surface area contributed by atoms with E-state index in [-0.39, 0.29) is 23.3 Å². The van der Waals surface area contributed by atoms with Gasteiger partial charge >= 0.3 is 5.69 Å². The van der Waals surface area contributed by atoms with E-state index in [1.165, 1.54) is 23.0 Å². The number of hydrogen-bond donors (Lipinski definition) is 2. The number of fused-ring (bicyclic) bond motifs is 2. The molecular formula is C33H27N9O4. The van der Waals surface area contributed by atoms with Gasteiger partial charge in [-0.3, -0.25) is 23.9 Å². The average Bonchev–Trinajstić information content (AvgIpc) is 3.63. The quantitative estimate of drug-likeness (QED) is 0.293. The summed E-state index contributed by atoms with van der Waals surface area (Å²) in [6.07, 6.45) is 12.0. The number of nitrogens with zero attached hydrogens (tertiary/aromatic N) is 7. The molecule has 0 atom stereocenters. The minimum Gasteiger partial charge on any atom is -0.383 e. The summed E-state index contributed by atoms with van der Waals surface area (Å²) >= 11 is 0. The molecular weight excluding hydrogens is 586 g/mol. The van der Waals surface area contributed by atoms with Gasteiger partial charge < -0.3 is 11.1 Å². The number of rotatable bonds is 6. The van der Waals surface area contributed by atoms with Crippen LogP contribution in [0.4, 0.5) is 11.5 Å². The highest BCUT2D eigenvalue weighted by atomic mass is 16.2. The Labute approximate surface area is 261 Å². The molecule has 2 aliphatic heterocycles. The molecule has 13 heteroatoms. The normalized spacial score (nSPS) is 14.1. The zero-order valence-electron chi connectivity index (χ0n) is 24.8. The Bertz CT molecular complexity index is 2270. The molecule has 2 amide bonds. The topological polar surface area (TPSA) is 163 Å². The Balaban J connectivity index is 1.22. The van der Waals surface area contributed by atoms with Crippen LogP contribution in [0.2, 0.25) is 0 Å². The molecule has 0 fully saturated rings. The van der Waals surface area contributed by atoms with E-state index in [0.29, 0.717) is 34.6 Å². The van der Waals surface area contributed by atoms with Crippen LogP contribution in [0.3, 0.4) is 0 Å². The molecule has 3 N–H and O–H groups in total. The highest BCUT2D eigenvalue weighted by Gasteiger charge is 2.25. The van der Waals surface area contributed by atoms with E-state index in [1.54, 1.807) is 72.2 Å². The van der Waals surface area contributed by atoms with Gasteiger partial charge in [0, 0.05) is 54.2 Å². The van der Waals surface area contributed by atoms with Crippen molar-refractivity contribution in [1.29, 1.82) is 0 Å². The molecule has 0 radical (unpaired) electrons. The smallest absolute Gasteiger partial charge is 0.337 e. The first-order valence-electron chi connectivity index (χ1n) is 14.5. The van der Waals surface area contributed by atoms with Gasteiger partial charge in [-0.1, -0.05) is 24.3 Å². The Morgan fingerprint density at radius 1 is 0.978 bits per heavy atom. The summed E-state index contributed by atoms with van der Waals surface area (Å²) in [5.74, 6) is -0.243. The van der Waals surface area contributed by atoms with Crippen molar-refractivity contribution in [2.45, 2.75) is 26.3 Å². The Hall–Kier alpha value is -6.37. The van der Waals surface area contributed by atoms with Crippen molar-refractivity contribution < 1.29 is 9.59 Å². The molecule has 6 heterocycles. The number of amides is 2. The first-order chi connectivity index (χ1) is 22.2. The number of pyridine rings is 2. The fourth-order valence-electron chi connectivity index (χ4n) is 5.50. The summed E-state index contributed by atoms with van der Waals surface area (Å²) in [4.78, 5) is 62.1. The van der Waals surface area contributed by atoms with Crippen LogP contribution in [0.25, 0.3) is 33.7 Å². The maximum Gasteiger partial charge on any atom is 0.337 e. The lowest BCUT2D eigenvalue weighted by molar-refractivity contribution is -0.124. The van der Waals surface area contributed by atoms with E-state index in [0.717, 1.165) is 21.5 Å². The van der Waals surface area contributed by atoms with Crippen LogP contribution in [0.5, 0.6) is 0 Å². The van der Waals surface area contributed by atoms with Gasteiger partial charge in [0.1, 0.15) is 22.9 Å². The van der Waals surface area contributed by atoms with Crippen LogP contribution in [-0.2, 0) is 4.79 Å². The minimum atomic E-state index is -0.776. The number of carbonyl (C=O) groups excluding carboxylic acids is 2. The summed E-state index contributed by atoms with van der Waals surface area (Å²) in [6, 6.07) is 13.3. The van der Waals surface area contributed by atoms with Crippen molar-refractivity contribution in [1.82, 2.24) is 33.8 Å². The largest absolute Gasteiger partial charge is 0.383 e. The second kappa shape index (κ2) is 11.0. The van der Waals surface area contributed by atoms with Gasteiger partial charge in [0.25, 0.3) is 11.5 Å². The van der Waals surface area contributed by atoms with E-state index in [4.69, 9.17) is 10.8 Å². The zero-order chi connectivity index (χ0) is 32.1. The summed E-state index contributed by atoms with van der Waals surface area (Å²) in [5, 5.41) is 8.29. The first-order valence-corrected chi connectivity index (χ1v) is 14.5. The van der Waals surface area contributed by atoms with E-state index in [1.807, 2.05) is 24.3 Å². The molecule has 1 aromatic carbocycles. The molecule has 0 aliphatic carbocycles. The highest BCUT2D eigenvalue weighted by molar-refractivity contribution is 6.05. The van der Waals surface area contributed by atoms with Crippen LogP contribution in [-0.4, -0.2) is 45.6 Å². The van der Waals surface area contributed by atoms with Gasteiger partial charge in [-0.15, -0.1) is 0 Å². The Kier molecular flexibility index (Phi) is 6.77. The van der Waals surface area contributed by atoms with E-state index in [2.05, 4.69) is 15.3 Å². The van der Waals surface area contributed by atoms with Crippen molar-refractivity contribution in [3.8, 4) is 17.1 Å². The Morgan fingerprint density at radius 3 is 2.52 bits per heavy atom. The number of hydrogen-bond acceptors (Lipinski definition) is 8. The second-order valence-electron chi connectivity index (χ2n) is 11.0. The molecule has 5 aromatic rings. The van der Waals surface area contributed by atoms with Gasteiger partial charge in [-0.2, -0.15) is 5.10 Å². The van der Waals surface area contributed by atoms with Crippen molar-refractivity contribution >= 4 is 39.9 Å². The summed E-state index contributed by atoms with van der Waals surface area (Å²) < 4.78 is 3.98. The van der Waals surface area contributed by atoms with Crippen molar-refractivity contribution in [3.05, 3.63) is 124 Å². The summed E-state index contributed by atoms with van der Waals surface area (Å²) in [6.45, 7) is 3.57. The number of nitrogen functional groups attached to an aromatic ring is 1. The third kappa shape index (κ3) is 4.70. The lowest BCUT2D eigenvalue weighted by Crippen LogP contribution is -2.43. The van der Waals surface area contributed by atoms with Crippen LogP contribution in [0, 0.1) is 0 Å². The van der Waals surface area contributed by atoms with Gasteiger partial charge in [0.2, 0.25) is 5.91 Å². The molecule has 4 aromatic heterocycles. The van der Waals surface area contributed by atoms with E-state index in [9.17, 15) is 19.2 Å². The second-order valence-corrected chi connectivity index (χ2v) is 11.0. The minimum absolute atomic E-state index is 0.00796. The maximum absolute atomic E-state index is 13.4. The van der Waals surface area contributed by atoms with Crippen LogP contribution in [0.1, 0.15) is 36.7 Å². The molecule has 13 nitrogen and oxygen atoms in total. The van der Waals surface area contributed by atoms with E-state index >= 15 is 0 Å². The van der Waals surface area contributed by atoms with Gasteiger partial charge in [-0.25, -0.2) is 24.0 Å². The maximum atomic E-state index is 13.4. The summed E-state index contributed by atoms with van der Waals surface area (Å²) in [5.41, 5.74) is 8.73. The number of benzene rings is 1. The first kappa shape index (κ1) is 28.4. The van der Waals surface area contributed by atoms with Crippen LogP contribution in [0.15, 0.2) is 107 Å². The molecule has 0 spiro atoms. The Morgan fingerprint density at radius 2 is 1.78 bits per heavy atom. The van der Waals surface area contributed by atoms with E-state index < -0.39 is 17.2 Å². The molecule has 0 bridgehead atoms. The SMILES string of the molecule is CC(C)n1cc(C(=O)Nc2ccc(-c3nn(C4=CC5=CCC(=O)N5C=C4)c4ccnc(N)c34)cc2)c(=O)n(-c2ccccn2)c1=O. The molecule has 228 valence electrons. The molecule has 46 heavy (non-hydrogen) atoms. The zero-order valence-corrected chi connectivity index (χ0v) is 24.8. The summed E-state index contributed by atoms with van der Waals surface area (Å²) in [7, 11) is 0. The predicted octanol–water partition coefficient (Wildman–Crippen LogP) is 3.71. The van der Waals surface area contributed by atoms with Crippen LogP contribution >= 0.6 is 0 Å². The standard InChI is InChI=1S/C33H27N9O4/c1-19(2)40-18-24(32(45)41(33(40)46)26-5-3-4-14-35-26)31(44)37-21-8-6-20(7-9-21)29-28-25(12-15-36-30(28)34)42(38-29)23-13-16-39-22(17-23)10-11-27(39)43/h3-10,12-19H,11H2,1-2H3,(H2,34,36)(H,37,44). The van der Waals surface area contributed by atoms with Gasteiger partial charge in [0.15, 0.2) is 0 Å². The third-order valence-corrected chi connectivity index (χ3v) is 7.80. The predicted molar refractivity (Wildman–Crippen MR) is 173 cm³/mol. The molecule has 7 rings (SSSR count).